The number of nitrogens with zero attached hydrogens (tertiary/aromatic N) is 3. The maximum Gasteiger partial charge on any atom is 0.255 e. The van der Waals surface area contributed by atoms with Gasteiger partial charge in [0.05, 0.1) is 11.6 Å². The van der Waals surface area contributed by atoms with Crippen molar-refractivity contribution >= 4 is 5.91 Å². The fraction of sp³-hybridized carbons (Fsp3) is 0.400. The molecule has 8 nitrogen and oxygen atoms in total. The van der Waals surface area contributed by atoms with Gasteiger partial charge in [0.25, 0.3) is 5.91 Å². The number of likely N-dealkylation sites (tertiary alicyclic amines) is 1. The van der Waals surface area contributed by atoms with Crippen LogP contribution < -0.4 is 14.8 Å². The number of carbonyl (C=O) groups is 1. The van der Waals surface area contributed by atoms with E-state index < -0.39 is 0 Å². The molecule has 8 heteroatoms. The lowest BCUT2D eigenvalue weighted by Gasteiger charge is -2.46. The van der Waals surface area contributed by atoms with Gasteiger partial charge in [-0.25, -0.2) is 0 Å². The Balaban J connectivity index is 1.36. The monoisotopic (exact) mass is 448 g/mol. The van der Waals surface area contributed by atoms with Crippen LogP contribution in [-0.4, -0.2) is 46.7 Å². The van der Waals surface area contributed by atoms with Crippen molar-refractivity contribution < 1.29 is 18.8 Å². The maximum atomic E-state index is 13.4. The second kappa shape index (κ2) is 8.86. The van der Waals surface area contributed by atoms with Crippen LogP contribution in [0.3, 0.4) is 0 Å². The molecule has 33 heavy (non-hydrogen) atoms. The summed E-state index contributed by atoms with van der Waals surface area (Å²) in [5.41, 5.74) is 1.22. The first-order chi connectivity index (χ1) is 16.0. The molecular formula is C25H28N4O4. The van der Waals surface area contributed by atoms with Gasteiger partial charge < -0.3 is 24.2 Å². The number of rotatable bonds is 5. The van der Waals surface area contributed by atoms with Gasteiger partial charge in [0.2, 0.25) is 11.7 Å². The van der Waals surface area contributed by atoms with E-state index in [9.17, 15) is 4.79 Å². The van der Waals surface area contributed by atoms with Crippen LogP contribution >= 0.6 is 0 Å². The number of aromatic nitrogens is 2. The lowest BCUT2D eigenvalue weighted by Crippen LogP contribution is -2.51. The molecule has 2 aliphatic rings. The van der Waals surface area contributed by atoms with Crippen molar-refractivity contribution in [2.75, 3.05) is 20.1 Å². The Hall–Kier alpha value is -3.39. The number of carbonyl (C=O) groups excluding carboxylic acids is 1. The molecule has 0 radical (unpaired) electrons. The molecule has 1 amide bonds. The number of aryl methyl sites for hydroxylation is 1. The Bertz CT molecular complexity index is 1140. The summed E-state index contributed by atoms with van der Waals surface area (Å²) in [6.07, 6.45) is 2.62. The second-order valence-electron chi connectivity index (χ2n) is 8.87. The normalized spacial score (nSPS) is 19.5. The number of piperidine rings is 1. The van der Waals surface area contributed by atoms with Crippen LogP contribution in [0.15, 0.2) is 53.1 Å². The molecule has 1 saturated heterocycles. The van der Waals surface area contributed by atoms with Gasteiger partial charge in [-0.3, -0.25) is 4.79 Å². The molecule has 0 aliphatic carbocycles. The van der Waals surface area contributed by atoms with Gasteiger partial charge in [-0.1, -0.05) is 35.5 Å². The smallest absolute Gasteiger partial charge is 0.255 e. The molecular weight excluding hydrogens is 420 g/mol. The van der Waals surface area contributed by atoms with Gasteiger partial charge in [0.1, 0.15) is 17.1 Å². The van der Waals surface area contributed by atoms with E-state index in [2.05, 4.69) is 27.4 Å². The minimum atomic E-state index is -0.259. The van der Waals surface area contributed by atoms with Crippen LogP contribution in [0.2, 0.25) is 0 Å². The van der Waals surface area contributed by atoms with Crippen LogP contribution in [0.25, 0.3) is 0 Å². The van der Waals surface area contributed by atoms with Crippen molar-refractivity contribution in [3.05, 3.63) is 71.4 Å². The summed E-state index contributed by atoms with van der Waals surface area (Å²) >= 11 is 0. The molecule has 1 atom stereocenters. The van der Waals surface area contributed by atoms with E-state index in [0.29, 0.717) is 23.0 Å². The Labute approximate surface area is 192 Å². The SMILES string of the molecule is Cc1nc(COc2ccccc2C(=O)NC2CC3(CCN(C)CC3)Oc3ccccc32)no1. The highest BCUT2D eigenvalue weighted by Crippen LogP contribution is 2.44. The first kappa shape index (κ1) is 21.5. The fourth-order valence-electron chi connectivity index (χ4n) is 4.64. The highest BCUT2D eigenvalue weighted by molar-refractivity contribution is 5.97. The first-order valence-electron chi connectivity index (χ1n) is 11.3. The topological polar surface area (TPSA) is 89.7 Å². The molecule has 1 fully saturated rings. The number of hydrogen-bond acceptors (Lipinski definition) is 7. The molecule has 3 heterocycles. The highest BCUT2D eigenvalue weighted by Gasteiger charge is 2.43. The molecule has 0 bridgehead atoms. The van der Waals surface area contributed by atoms with E-state index in [0.717, 1.165) is 43.7 Å². The summed E-state index contributed by atoms with van der Waals surface area (Å²) in [5.74, 6) is 2.06. The predicted molar refractivity (Wildman–Crippen MR) is 121 cm³/mol. The van der Waals surface area contributed by atoms with E-state index in [-0.39, 0.29) is 24.2 Å². The van der Waals surface area contributed by atoms with Crippen LogP contribution in [0, 0.1) is 6.92 Å². The average molecular weight is 449 g/mol. The maximum absolute atomic E-state index is 13.4. The number of nitrogens with one attached hydrogen (secondary N) is 1. The third-order valence-electron chi connectivity index (χ3n) is 6.46. The molecule has 2 aromatic carbocycles. The van der Waals surface area contributed by atoms with Crippen molar-refractivity contribution in [2.24, 2.45) is 0 Å². The summed E-state index contributed by atoms with van der Waals surface area (Å²) in [6, 6.07) is 15.1. The zero-order chi connectivity index (χ0) is 22.8. The Morgan fingerprint density at radius 1 is 1.18 bits per heavy atom. The molecule has 1 spiro atoms. The quantitative estimate of drug-likeness (QED) is 0.637. The van der Waals surface area contributed by atoms with Gasteiger partial charge in [0, 0.05) is 32.0 Å². The van der Waals surface area contributed by atoms with Gasteiger partial charge in [0.15, 0.2) is 6.61 Å². The fourth-order valence-corrected chi connectivity index (χ4v) is 4.64. The summed E-state index contributed by atoms with van der Waals surface area (Å²) in [4.78, 5) is 19.9. The van der Waals surface area contributed by atoms with Gasteiger partial charge in [-0.05, 0) is 38.1 Å². The molecule has 1 unspecified atom stereocenters. The Morgan fingerprint density at radius 3 is 2.73 bits per heavy atom. The average Bonchev–Trinajstić information content (AvgIpc) is 3.25. The third kappa shape index (κ3) is 4.57. The number of hydrogen-bond donors (Lipinski definition) is 1. The standard InChI is InChI=1S/C25H28N4O4/c1-17-26-23(28-33-17)16-31-21-9-5-4-8-19(21)24(30)27-20-15-25(11-13-29(2)14-12-25)32-22-10-6-3-7-18(20)22/h3-10,20H,11-16H2,1-2H3,(H,27,30). The van der Waals surface area contributed by atoms with Crippen molar-refractivity contribution in [3.8, 4) is 11.5 Å². The van der Waals surface area contributed by atoms with Gasteiger partial charge >= 0.3 is 0 Å². The molecule has 2 aliphatic heterocycles. The molecule has 172 valence electrons. The minimum Gasteiger partial charge on any atom is -0.487 e. The highest BCUT2D eigenvalue weighted by atomic mass is 16.5. The number of ether oxygens (including phenoxy) is 2. The number of benzene rings is 2. The van der Waals surface area contributed by atoms with E-state index >= 15 is 0 Å². The molecule has 1 N–H and O–H groups in total. The van der Waals surface area contributed by atoms with E-state index in [1.165, 1.54) is 0 Å². The van der Waals surface area contributed by atoms with Crippen LogP contribution in [0.5, 0.6) is 11.5 Å². The summed E-state index contributed by atoms with van der Waals surface area (Å²) < 4.78 is 17.4. The van der Waals surface area contributed by atoms with Gasteiger partial charge in [-0.15, -0.1) is 0 Å². The molecule has 5 rings (SSSR count). The minimum absolute atomic E-state index is 0.123. The third-order valence-corrected chi connectivity index (χ3v) is 6.46. The van der Waals surface area contributed by atoms with E-state index in [1.54, 1.807) is 19.1 Å². The van der Waals surface area contributed by atoms with Crippen LogP contribution in [0.4, 0.5) is 0 Å². The zero-order valence-corrected chi connectivity index (χ0v) is 18.9. The van der Waals surface area contributed by atoms with Crippen LogP contribution in [-0.2, 0) is 6.61 Å². The molecule has 1 aromatic heterocycles. The lowest BCUT2D eigenvalue weighted by molar-refractivity contribution is -0.0195. The van der Waals surface area contributed by atoms with Gasteiger partial charge in [-0.2, -0.15) is 4.98 Å². The number of fused-ring (bicyclic) bond motifs is 1. The summed E-state index contributed by atoms with van der Waals surface area (Å²) in [5, 5.41) is 7.10. The van der Waals surface area contributed by atoms with Crippen molar-refractivity contribution in [1.29, 1.82) is 0 Å². The van der Waals surface area contributed by atoms with Crippen LogP contribution in [0.1, 0.15) is 52.9 Å². The largest absolute Gasteiger partial charge is 0.487 e. The number of amides is 1. The molecule has 3 aromatic rings. The zero-order valence-electron chi connectivity index (χ0n) is 18.9. The van der Waals surface area contributed by atoms with Crippen molar-refractivity contribution in [3.63, 3.8) is 0 Å². The Morgan fingerprint density at radius 2 is 1.94 bits per heavy atom. The second-order valence-corrected chi connectivity index (χ2v) is 8.87. The molecule has 0 saturated carbocycles. The first-order valence-corrected chi connectivity index (χ1v) is 11.3. The van der Waals surface area contributed by atoms with E-state index in [1.807, 2.05) is 36.4 Å². The summed E-state index contributed by atoms with van der Waals surface area (Å²) in [6.45, 7) is 3.81. The van der Waals surface area contributed by atoms with E-state index in [4.69, 9.17) is 14.0 Å². The predicted octanol–water partition coefficient (Wildman–Crippen LogP) is 3.68. The number of para-hydroxylation sites is 2. The van der Waals surface area contributed by atoms with Crippen molar-refractivity contribution in [2.45, 2.75) is 44.4 Å². The lowest BCUT2D eigenvalue weighted by atomic mass is 9.80. The van der Waals surface area contributed by atoms with Crippen molar-refractivity contribution in [1.82, 2.24) is 20.4 Å². The Kier molecular flexibility index (Phi) is 5.76. The summed E-state index contributed by atoms with van der Waals surface area (Å²) in [7, 11) is 2.13.